The average molecular weight is 234 g/mol. The highest BCUT2D eigenvalue weighted by Gasteiger charge is 2.52. The Hall–Kier alpha value is -0.680. The maximum Gasteiger partial charge on any atom is 0.352 e. The van der Waals surface area contributed by atoms with E-state index in [-0.39, 0.29) is 17.0 Å². The Bertz CT molecular complexity index is 354. The van der Waals surface area contributed by atoms with Crippen LogP contribution in [0.5, 0.6) is 0 Å². The molecule has 1 unspecified atom stereocenters. The predicted molar refractivity (Wildman–Crippen MR) is 53.1 cm³/mol. The second-order valence-electron chi connectivity index (χ2n) is 3.25. The lowest BCUT2D eigenvalue weighted by molar-refractivity contribution is -0.145. The number of hydrogen-bond donors (Lipinski definition) is 1. The zero-order valence-electron chi connectivity index (χ0n) is 7.36. The molecular weight excluding hydrogens is 226 g/mol. The Labute approximate surface area is 89.9 Å². The van der Waals surface area contributed by atoms with E-state index in [2.05, 4.69) is 0 Å². The molecule has 2 heterocycles. The number of aliphatic carboxylic acids is 1. The molecule has 0 aromatic rings. The van der Waals surface area contributed by atoms with E-state index in [0.717, 1.165) is 5.57 Å². The number of nitrogens with zero attached hydrogens (tertiary/aromatic N) is 1. The number of thioether (sulfide) groups is 1. The number of amides is 1. The number of carboxylic acids is 1. The van der Waals surface area contributed by atoms with Gasteiger partial charge in [-0.25, -0.2) is 4.79 Å². The highest BCUT2D eigenvalue weighted by atomic mass is 35.5. The summed E-state index contributed by atoms with van der Waals surface area (Å²) in [7, 11) is 0. The van der Waals surface area contributed by atoms with E-state index in [1.54, 1.807) is 6.92 Å². The minimum atomic E-state index is -1.05. The minimum Gasteiger partial charge on any atom is -0.477 e. The van der Waals surface area contributed by atoms with Gasteiger partial charge in [-0.05, 0) is 12.5 Å². The van der Waals surface area contributed by atoms with Gasteiger partial charge in [0.1, 0.15) is 16.4 Å². The molecule has 0 aromatic carbocycles. The molecule has 0 aliphatic carbocycles. The van der Waals surface area contributed by atoms with Crippen LogP contribution >= 0.6 is 23.4 Å². The molecule has 2 aliphatic heterocycles. The molecule has 2 rings (SSSR count). The van der Waals surface area contributed by atoms with E-state index in [9.17, 15) is 9.59 Å². The molecule has 1 amide bonds. The number of carbonyl (C=O) groups is 2. The van der Waals surface area contributed by atoms with Gasteiger partial charge in [-0.15, -0.1) is 23.4 Å². The summed E-state index contributed by atoms with van der Waals surface area (Å²) >= 11 is 7.27. The van der Waals surface area contributed by atoms with Gasteiger partial charge in [0.25, 0.3) is 0 Å². The van der Waals surface area contributed by atoms with Crippen molar-refractivity contribution in [1.29, 1.82) is 0 Å². The molecule has 76 valence electrons. The van der Waals surface area contributed by atoms with Crippen LogP contribution in [-0.4, -0.2) is 38.4 Å². The SMILES string of the molecule is CC1=C(C(=O)O)N2C(=O)[C@H](Cl)C2SC1. The van der Waals surface area contributed by atoms with Gasteiger partial charge in [0.15, 0.2) is 0 Å². The fourth-order valence-electron chi connectivity index (χ4n) is 1.60. The molecule has 1 fully saturated rings. The van der Waals surface area contributed by atoms with E-state index < -0.39 is 11.3 Å². The van der Waals surface area contributed by atoms with Crippen molar-refractivity contribution in [2.24, 2.45) is 0 Å². The number of hydrogen-bond acceptors (Lipinski definition) is 3. The van der Waals surface area contributed by atoms with Crippen molar-refractivity contribution < 1.29 is 14.7 Å². The molecule has 2 aliphatic rings. The molecule has 14 heavy (non-hydrogen) atoms. The van der Waals surface area contributed by atoms with Crippen molar-refractivity contribution in [2.75, 3.05) is 5.75 Å². The van der Waals surface area contributed by atoms with E-state index in [1.807, 2.05) is 0 Å². The van der Waals surface area contributed by atoms with E-state index in [0.29, 0.717) is 5.75 Å². The second kappa shape index (κ2) is 3.17. The lowest BCUT2D eigenvalue weighted by atomic mass is 10.1. The third kappa shape index (κ3) is 1.15. The summed E-state index contributed by atoms with van der Waals surface area (Å²) in [4.78, 5) is 23.5. The van der Waals surface area contributed by atoms with E-state index in [1.165, 1.54) is 16.7 Å². The lowest BCUT2D eigenvalue weighted by Gasteiger charge is -2.46. The fraction of sp³-hybridized carbons (Fsp3) is 0.500. The summed E-state index contributed by atoms with van der Waals surface area (Å²) < 4.78 is 0. The summed E-state index contributed by atoms with van der Waals surface area (Å²) in [6.45, 7) is 1.72. The van der Waals surface area contributed by atoms with Crippen LogP contribution in [0.2, 0.25) is 0 Å². The maximum absolute atomic E-state index is 11.3. The first-order chi connectivity index (χ1) is 6.54. The highest BCUT2D eigenvalue weighted by Crippen LogP contribution is 2.42. The average Bonchev–Trinajstić information content (AvgIpc) is 2.15. The number of β-lactam (4-membered cyclic amide) rings is 1. The third-order valence-electron chi connectivity index (χ3n) is 2.30. The smallest absolute Gasteiger partial charge is 0.352 e. The normalized spacial score (nSPS) is 31.3. The van der Waals surface area contributed by atoms with Crippen LogP contribution in [0, 0.1) is 0 Å². The van der Waals surface area contributed by atoms with Gasteiger partial charge in [0.05, 0.1) is 0 Å². The number of halogens is 1. The van der Waals surface area contributed by atoms with Gasteiger partial charge in [-0.3, -0.25) is 9.69 Å². The molecule has 0 spiro atoms. The standard InChI is InChI=1S/C8H8ClNO3S/c1-3-2-14-7-4(9)6(11)10(7)5(3)8(12)13/h4,7H,2H2,1H3,(H,12,13)/t4-,7?/m0/s1. The Morgan fingerprint density at radius 3 is 2.93 bits per heavy atom. The summed E-state index contributed by atoms with van der Waals surface area (Å²) in [5.74, 6) is -0.732. The number of fused-ring (bicyclic) bond motifs is 1. The van der Waals surface area contributed by atoms with Gasteiger partial charge in [-0.2, -0.15) is 0 Å². The lowest BCUT2D eigenvalue weighted by Crippen LogP contribution is -2.62. The molecule has 1 N–H and O–H groups in total. The largest absolute Gasteiger partial charge is 0.477 e. The van der Waals surface area contributed by atoms with Crippen LogP contribution in [0.25, 0.3) is 0 Å². The quantitative estimate of drug-likeness (QED) is 0.539. The van der Waals surface area contributed by atoms with E-state index in [4.69, 9.17) is 16.7 Å². The van der Waals surface area contributed by atoms with Crippen LogP contribution in [-0.2, 0) is 9.59 Å². The van der Waals surface area contributed by atoms with Crippen LogP contribution in [0.15, 0.2) is 11.3 Å². The van der Waals surface area contributed by atoms with Crippen LogP contribution in [0.1, 0.15) is 6.92 Å². The fourth-order valence-corrected chi connectivity index (χ4v) is 3.23. The summed E-state index contributed by atoms with van der Waals surface area (Å²) in [6, 6.07) is 0. The number of carbonyl (C=O) groups excluding carboxylic acids is 1. The van der Waals surface area contributed by atoms with Gasteiger partial charge < -0.3 is 5.11 Å². The molecule has 2 atom stereocenters. The Balaban J connectivity index is 2.37. The Morgan fingerprint density at radius 2 is 2.36 bits per heavy atom. The Kier molecular flexibility index (Phi) is 2.23. The second-order valence-corrected chi connectivity index (χ2v) is 4.82. The molecule has 0 saturated carbocycles. The molecule has 6 heteroatoms. The zero-order chi connectivity index (χ0) is 10.5. The minimum absolute atomic E-state index is 0.107. The first kappa shape index (κ1) is 9.86. The van der Waals surface area contributed by atoms with Crippen molar-refractivity contribution in [2.45, 2.75) is 17.7 Å². The summed E-state index contributed by atoms with van der Waals surface area (Å²) in [6.07, 6.45) is 0. The van der Waals surface area contributed by atoms with Crippen molar-refractivity contribution in [3.63, 3.8) is 0 Å². The van der Waals surface area contributed by atoms with Crippen LogP contribution in [0.4, 0.5) is 0 Å². The molecule has 0 aromatic heterocycles. The van der Waals surface area contributed by atoms with Crippen molar-refractivity contribution in [3.05, 3.63) is 11.3 Å². The van der Waals surface area contributed by atoms with Crippen molar-refractivity contribution in [1.82, 2.24) is 4.90 Å². The van der Waals surface area contributed by atoms with Crippen molar-refractivity contribution >= 4 is 35.2 Å². The monoisotopic (exact) mass is 233 g/mol. The van der Waals surface area contributed by atoms with Gasteiger partial charge >= 0.3 is 5.97 Å². The first-order valence-electron chi connectivity index (χ1n) is 4.06. The number of carboxylic acid groups (broad SMARTS) is 1. The van der Waals surface area contributed by atoms with Gasteiger partial charge in [-0.1, -0.05) is 0 Å². The molecular formula is C8H8ClNO3S. The number of alkyl halides is 1. The zero-order valence-corrected chi connectivity index (χ0v) is 8.93. The topological polar surface area (TPSA) is 57.6 Å². The predicted octanol–water partition coefficient (Wildman–Crippen LogP) is 0.867. The van der Waals surface area contributed by atoms with Crippen LogP contribution < -0.4 is 0 Å². The molecule has 4 nitrogen and oxygen atoms in total. The van der Waals surface area contributed by atoms with E-state index >= 15 is 0 Å². The molecule has 0 bridgehead atoms. The molecule has 0 radical (unpaired) electrons. The third-order valence-corrected chi connectivity index (χ3v) is 4.30. The molecule has 1 saturated heterocycles. The van der Waals surface area contributed by atoms with Crippen molar-refractivity contribution in [3.8, 4) is 0 Å². The number of rotatable bonds is 1. The van der Waals surface area contributed by atoms with Crippen LogP contribution in [0.3, 0.4) is 0 Å². The Morgan fingerprint density at radius 1 is 1.71 bits per heavy atom. The van der Waals surface area contributed by atoms with Gasteiger partial charge in [0, 0.05) is 5.75 Å². The summed E-state index contributed by atoms with van der Waals surface area (Å²) in [5, 5.41) is 8.17. The highest BCUT2D eigenvalue weighted by molar-refractivity contribution is 8.00. The first-order valence-corrected chi connectivity index (χ1v) is 5.54. The van der Waals surface area contributed by atoms with Gasteiger partial charge in [0.2, 0.25) is 5.91 Å². The summed E-state index contributed by atoms with van der Waals surface area (Å²) in [5.41, 5.74) is 0.825. The maximum atomic E-state index is 11.3.